The van der Waals surface area contributed by atoms with Gasteiger partial charge in [0.25, 0.3) is 5.91 Å². The molecular formula is C27H25F4N5O. The molecule has 3 aromatic carbocycles. The molecule has 0 aromatic heterocycles. The van der Waals surface area contributed by atoms with E-state index in [2.05, 4.69) is 20.3 Å². The van der Waals surface area contributed by atoms with E-state index in [1.807, 2.05) is 0 Å². The van der Waals surface area contributed by atoms with Gasteiger partial charge in [-0.05, 0) is 42.5 Å². The molecule has 0 bridgehead atoms. The van der Waals surface area contributed by atoms with Gasteiger partial charge in [-0.25, -0.2) is 4.39 Å². The number of hydrazone groups is 1. The van der Waals surface area contributed by atoms with Gasteiger partial charge in [-0.2, -0.15) is 18.2 Å². The molecule has 3 aromatic rings. The Kier molecular flexibility index (Phi) is 8.31. The van der Waals surface area contributed by atoms with Crippen LogP contribution in [0.3, 0.4) is 0 Å². The minimum absolute atomic E-state index is 0.104. The Labute approximate surface area is 212 Å². The molecule has 0 radical (unpaired) electrons. The third kappa shape index (κ3) is 7.16. The summed E-state index contributed by atoms with van der Waals surface area (Å²) in [6.07, 6.45) is -4.62. The second-order valence-electron chi connectivity index (χ2n) is 8.95. The van der Waals surface area contributed by atoms with Gasteiger partial charge in [-0.15, -0.1) is 15.3 Å². The number of hydrogen-bond donors (Lipinski definition) is 0. The Bertz CT molecular complexity index is 1330. The lowest BCUT2D eigenvalue weighted by Gasteiger charge is -2.26. The summed E-state index contributed by atoms with van der Waals surface area (Å²) in [5, 5.41) is 13.5. The van der Waals surface area contributed by atoms with E-state index in [0.717, 1.165) is 17.1 Å². The third-order valence-corrected chi connectivity index (χ3v) is 5.02. The number of hydrogen-bond acceptors (Lipinski definition) is 4. The van der Waals surface area contributed by atoms with E-state index >= 15 is 0 Å². The van der Waals surface area contributed by atoms with E-state index in [0.29, 0.717) is 11.3 Å². The van der Waals surface area contributed by atoms with Crippen LogP contribution in [0.2, 0.25) is 0 Å². The fourth-order valence-corrected chi connectivity index (χ4v) is 3.13. The van der Waals surface area contributed by atoms with Gasteiger partial charge < -0.3 is 0 Å². The van der Waals surface area contributed by atoms with Gasteiger partial charge in [0.2, 0.25) is 5.84 Å². The van der Waals surface area contributed by atoms with Crippen LogP contribution in [0.1, 0.15) is 31.9 Å². The van der Waals surface area contributed by atoms with Crippen molar-refractivity contribution in [2.45, 2.75) is 26.9 Å². The molecule has 0 saturated heterocycles. The van der Waals surface area contributed by atoms with Gasteiger partial charge in [0, 0.05) is 18.0 Å². The average Bonchev–Trinajstić information content (AvgIpc) is 2.86. The molecule has 0 aliphatic heterocycles. The molecule has 0 atom stereocenters. The summed E-state index contributed by atoms with van der Waals surface area (Å²) < 4.78 is 53.7. The van der Waals surface area contributed by atoms with E-state index in [9.17, 15) is 22.4 Å². The lowest BCUT2D eigenvalue weighted by Crippen LogP contribution is -2.37. The monoisotopic (exact) mass is 511 g/mol. The minimum Gasteiger partial charge on any atom is -0.284 e. The molecular weight excluding hydrogens is 486 g/mol. The van der Waals surface area contributed by atoms with Crippen molar-refractivity contribution >= 4 is 28.8 Å². The molecule has 37 heavy (non-hydrogen) atoms. The molecule has 0 aliphatic rings. The lowest BCUT2D eigenvalue weighted by molar-refractivity contribution is -0.137. The van der Waals surface area contributed by atoms with Crippen LogP contribution in [-0.2, 0) is 11.0 Å². The van der Waals surface area contributed by atoms with Gasteiger partial charge in [-0.1, -0.05) is 57.2 Å². The standard InChI is InChI=1S/C27H25F4N5O/c1-26(2,3)25(37)36(22-12-8-11-19(17-22)27(29,30)31)35-24(23(32-4)18-9-6-5-7-10-18)34-33-21-15-13-20(28)14-16-21/h5-17H,1-4H3/b32-23?,34-33?,35-24-. The molecule has 1 amide bonds. The average molecular weight is 512 g/mol. The maximum absolute atomic E-state index is 13.5. The number of nitrogens with zero attached hydrogens (tertiary/aromatic N) is 5. The van der Waals surface area contributed by atoms with E-state index < -0.39 is 28.9 Å². The maximum Gasteiger partial charge on any atom is 0.416 e. The van der Waals surface area contributed by atoms with Crippen LogP contribution < -0.4 is 5.01 Å². The largest absolute Gasteiger partial charge is 0.416 e. The number of halogens is 4. The summed E-state index contributed by atoms with van der Waals surface area (Å²) in [5.41, 5.74) is -0.918. The normalized spacial score (nSPS) is 13.2. The summed E-state index contributed by atoms with van der Waals surface area (Å²) in [7, 11) is 1.49. The first-order valence-corrected chi connectivity index (χ1v) is 11.2. The quantitative estimate of drug-likeness (QED) is 0.115. The van der Waals surface area contributed by atoms with Crippen molar-refractivity contribution in [1.82, 2.24) is 0 Å². The topological polar surface area (TPSA) is 69.8 Å². The van der Waals surface area contributed by atoms with Crippen LogP contribution in [0.4, 0.5) is 28.9 Å². The lowest BCUT2D eigenvalue weighted by atomic mass is 9.95. The van der Waals surface area contributed by atoms with E-state index in [1.54, 1.807) is 51.1 Å². The molecule has 0 fully saturated rings. The summed E-state index contributed by atoms with van der Waals surface area (Å²) in [6.45, 7) is 4.87. The Morgan fingerprint density at radius 3 is 2.08 bits per heavy atom. The van der Waals surface area contributed by atoms with Crippen molar-refractivity contribution in [1.29, 1.82) is 0 Å². The molecule has 0 spiro atoms. The molecule has 0 N–H and O–H groups in total. The Hall–Kier alpha value is -4.21. The zero-order valence-electron chi connectivity index (χ0n) is 20.7. The molecule has 6 nitrogen and oxygen atoms in total. The van der Waals surface area contributed by atoms with Crippen LogP contribution in [0.15, 0.2) is 99.2 Å². The van der Waals surface area contributed by atoms with E-state index in [4.69, 9.17) is 0 Å². The first kappa shape index (κ1) is 27.4. The van der Waals surface area contributed by atoms with Crippen LogP contribution in [0.5, 0.6) is 0 Å². The summed E-state index contributed by atoms with van der Waals surface area (Å²) in [4.78, 5) is 17.7. The fraction of sp³-hybridized carbons (Fsp3) is 0.222. The highest BCUT2D eigenvalue weighted by atomic mass is 19.4. The van der Waals surface area contributed by atoms with Gasteiger partial charge in [0.05, 0.1) is 16.9 Å². The van der Waals surface area contributed by atoms with Crippen LogP contribution in [-0.4, -0.2) is 24.5 Å². The molecule has 0 unspecified atom stereocenters. The first-order valence-electron chi connectivity index (χ1n) is 11.2. The second-order valence-corrected chi connectivity index (χ2v) is 8.95. The number of amidine groups is 1. The van der Waals surface area contributed by atoms with E-state index in [1.165, 1.54) is 43.4 Å². The fourth-order valence-electron chi connectivity index (χ4n) is 3.13. The van der Waals surface area contributed by atoms with Gasteiger partial charge in [-0.3, -0.25) is 9.79 Å². The summed E-state index contributed by atoms with van der Waals surface area (Å²) in [6, 6.07) is 18.3. The Morgan fingerprint density at radius 1 is 0.865 bits per heavy atom. The van der Waals surface area contributed by atoms with Gasteiger partial charge >= 0.3 is 6.18 Å². The van der Waals surface area contributed by atoms with Crippen molar-refractivity contribution in [3.63, 3.8) is 0 Å². The molecule has 10 heteroatoms. The minimum atomic E-state index is -4.62. The smallest absolute Gasteiger partial charge is 0.284 e. The number of carbonyl (C=O) groups excluding carboxylic acids is 1. The molecule has 192 valence electrons. The summed E-state index contributed by atoms with van der Waals surface area (Å²) >= 11 is 0. The maximum atomic E-state index is 13.5. The molecule has 0 saturated carbocycles. The highest BCUT2D eigenvalue weighted by molar-refractivity contribution is 6.48. The van der Waals surface area contributed by atoms with Crippen LogP contribution in [0, 0.1) is 11.2 Å². The van der Waals surface area contributed by atoms with E-state index in [-0.39, 0.29) is 17.2 Å². The Morgan fingerprint density at radius 2 is 1.51 bits per heavy atom. The number of aliphatic imine (C=N–C) groups is 1. The van der Waals surface area contributed by atoms with Crippen molar-refractivity contribution < 1.29 is 22.4 Å². The number of carbonyl (C=O) groups is 1. The van der Waals surface area contributed by atoms with Gasteiger partial charge in [0.15, 0.2) is 0 Å². The highest BCUT2D eigenvalue weighted by Crippen LogP contribution is 2.33. The predicted octanol–water partition coefficient (Wildman–Crippen LogP) is 7.44. The number of benzene rings is 3. The van der Waals surface area contributed by atoms with Crippen LogP contribution >= 0.6 is 0 Å². The zero-order chi connectivity index (χ0) is 27.2. The molecule has 0 aliphatic carbocycles. The Balaban J connectivity index is 2.23. The number of rotatable bonds is 5. The van der Waals surface area contributed by atoms with Crippen molar-refractivity contribution in [2.24, 2.45) is 25.7 Å². The van der Waals surface area contributed by atoms with Crippen molar-refractivity contribution in [2.75, 3.05) is 12.1 Å². The second kappa shape index (κ2) is 11.2. The summed E-state index contributed by atoms with van der Waals surface area (Å²) in [5.74, 6) is -1.17. The molecule has 0 heterocycles. The number of amides is 1. The zero-order valence-corrected chi connectivity index (χ0v) is 20.7. The van der Waals surface area contributed by atoms with Crippen molar-refractivity contribution in [3.05, 3.63) is 95.8 Å². The highest BCUT2D eigenvalue weighted by Gasteiger charge is 2.34. The van der Waals surface area contributed by atoms with Crippen LogP contribution in [0.25, 0.3) is 0 Å². The first-order chi connectivity index (χ1) is 17.4. The number of alkyl halides is 3. The SMILES string of the molecule is CN=C(/C(N=Nc1ccc(F)cc1)=N/N(C(=O)C(C)(C)C)c1cccc(C(F)(F)F)c1)c1ccccc1. The third-order valence-electron chi connectivity index (χ3n) is 5.02. The van der Waals surface area contributed by atoms with Crippen molar-refractivity contribution in [3.8, 4) is 0 Å². The number of azo groups is 1. The molecule has 3 rings (SSSR count). The predicted molar refractivity (Wildman–Crippen MR) is 136 cm³/mol. The number of anilines is 1. The van der Waals surface area contributed by atoms with Gasteiger partial charge in [0.1, 0.15) is 11.5 Å².